The summed E-state index contributed by atoms with van der Waals surface area (Å²) in [6, 6.07) is 11.4. The highest BCUT2D eigenvalue weighted by Crippen LogP contribution is 2.24. The molecule has 2 aromatic carbocycles. The largest absolute Gasteiger partial charge is 0.337 e. The lowest BCUT2D eigenvalue weighted by molar-refractivity contribution is 0.0785. The summed E-state index contributed by atoms with van der Waals surface area (Å²) in [6.45, 7) is 3.81. The smallest absolute Gasteiger partial charge is 0.255 e. The van der Waals surface area contributed by atoms with Crippen molar-refractivity contribution >= 4 is 43.5 Å². The maximum Gasteiger partial charge on any atom is 0.255 e. The molecule has 0 aliphatic heterocycles. The molecule has 0 saturated carbocycles. The van der Waals surface area contributed by atoms with Gasteiger partial charge in [-0.25, -0.2) is 13.1 Å². The number of rotatable bonds is 6. The van der Waals surface area contributed by atoms with Crippen molar-refractivity contribution in [1.29, 1.82) is 0 Å². The van der Waals surface area contributed by atoms with E-state index in [9.17, 15) is 13.2 Å². The first kappa shape index (κ1) is 20.9. The number of sulfonamides is 1. The van der Waals surface area contributed by atoms with Gasteiger partial charge < -0.3 is 4.90 Å². The molecule has 0 atom stereocenters. The Morgan fingerprint density at radius 2 is 1.88 bits per heavy atom. The van der Waals surface area contributed by atoms with E-state index in [1.165, 1.54) is 23.1 Å². The van der Waals surface area contributed by atoms with E-state index in [0.717, 1.165) is 10.0 Å². The van der Waals surface area contributed by atoms with E-state index in [2.05, 4.69) is 20.7 Å². The van der Waals surface area contributed by atoms with Crippen LogP contribution in [0.25, 0.3) is 0 Å². The average molecular weight is 460 g/mol. The Morgan fingerprint density at radius 3 is 2.50 bits per heavy atom. The van der Waals surface area contributed by atoms with Crippen LogP contribution in [0.5, 0.6) is 0 Å². The molecule has 0 bridgehead atoms. The van der Waals surface area contributed by atoms with E-state index in [0.29, 0.717) is 6.54 Å². The number of carbonyl (C=O) groups is 1. The number of amides is 1. The highest BCUT2D eigenvalue weighted by atomic mass is 79.9. The maximum absolute atomic E-state index is 12.8. The minimum Gasteiger partial charge on any atom is -0.337 e. The van der Waals surface area contributed by atoms with Crippen molar-refractivity contribution in [1.82, 2.24) is 9.62 Å². The fourth-order valence-electron chi connectivity index (χ4n) is 2.37. The van der Waals surface area contributed by atoms with E-state index >= 15 is 0 Å². The maximum atomic E-state index is 12.8. The van der Waals surface area contributed by atoms with Crippen LogP contribution < -0.4 is 4.72 Å². The normalized spacial score (nSPS) is 11.6. The molecule has 0 unspecified atom stereocenters. The molecule has 0 fully saturated rings. The van der Waals surface area contributed by atoms with Gasteiger partial charge in [-0.05, 0) is 43.7 Å². The molecule has 26 heavy (non-hydrogen) atoms. The van der Waals surface area contributed by atoms with Gasteiger partial charge in [0.2, 0.25) is 10.0 Å². The second-order valence-electron chi connectivity index (χ2n) is 6.17. The summed E-state index contributed by atoms with van der Waals surface area (Å²) >= 11 is 9.61. The molecule has 0 spiro atoms. The molecule has 1 N–H and O–H groups in total. The summed E-state index contributed by atoms with van der Waals surface area (Å²) in [7, 11) is -2.07. The van der Waals surface area contributed by atoms with Crippen molar-refractivity contribution in [2.75, 3.05) is 7.05 Å². The Hall–Kier alpha value is -1.41. The van der Waals surface area contributed by atoms with Crippen molar-refractivity contribution in [3.8, 4) is 0 Å². The number of benzene rings is 2. The Kier molecular flexibility index (Phi) is 6.85. The summed E-state index contributed by atoms with van der Waals surface area (Å²) in [4.78, 5) is 14.3. The Bertz CT molecular complexity index is 916. The van der Waals surface area contributed by atoms with Gasteiger partial charge in [0, 0.05) is 24.1 Å². The summed E-state index contributed by atoms with van der Waals surface area (Å²) in [6.07, 6.45) is 0. The topological polar surface area (TPSA) is 66.5 Å². The molecule has 0 heterocycles. The molecule has 8 heteroatoms. The zero-order valence-electron chi connectivity index (χ0n) is 14.7. The van der Waals surface area contributed by atoms with E-state index in [1.807, 2.05) is 24.3 Å². The average Bonchev–Trinajstić information content (AvgIpc) is 2.55. The van der Waals surface area contributed by atoms with Gasteiger partial charge in [0.25, 0.3) is 5.91 Å². The van der Waals surface area contributed by atoms with Gasteiger partial charge in [-0.2, -0.15) is 0 Å². The van der Waals surface area contributed by atoms with Crippen LogP contribution in [0.3, 0.4) is 0 Å². The molecular formula is C18H20BrClN2O3S. The Balaban J connectivity index is 2.31. The Labute approximate surface area is 167 Å². The van der Waals surface area contributed by atoms with Crippen LogP contribution in [-0.2, 0) is 16.6 Å². The third kappa shape index (κ3) is 5.07. The number of halogens is 2. The van der Waals surface area contributed by atoms with Crippen molar-refractivity contribution in [3.05, 3.63) is 63.1 Å². The third-order valence-electron chi connectivity index (χ3n) is 3.58. The SMILES string of the molecule is CC(C)NS(=O)(=O)c1ccc(Cl)c(C(=O)N(C)Cc2ccccc2Br)c1. The monoisotopic (exact) mass is 458 g/mol. The van der Waals surface area contributed by atoms with Crippen LogP contribution in [0.4, 0.5) is 0 Å². The number of nitrogens with zero attached hydrogens (tertiary/aromatic N) is 1. The summed E-state index contributed by atoms with van der Waals surface area (Å²) < 4.78 is 28.1. The van der Waals surface area contributed by atoms with Crippen LogP contribution in [0.2, 0.25) is 5.02 Å². The molecule has 0 saturated heterocycles. The molecule has 1 amide bonds. The van der Waals surface area contributed by atoms with Crippen LogP contribution in [0.15, 0.2) is 51.8 Å². The van der Waals surface area contributed by atoms with Gasteiger partial charge in [0.15, 0.2) is 0 Å². The summed E-state index contributed by atoms with van der Waals surface area (Å²) in [5.74, 6) is -0.354. The molecule has 140 valence electrons. The summed E-state index contributed by atoms with van der Waals surface area (Å²) in [5, 5.41) is 0.206. The van der Waals surface area contributed by atoms with E-state index < -0.39 is 10.0 Å². The highest BCUT2D eigenvalue weighted by molar-refractivity contribution is 9.10. The van der Waals surface area contributed by atoms with Crippen LogP contribution in [0.1, 0.15) is 29.8 Å². The van der Waals surface area contributed by atoms with Crippen molar-refractivity contribution in [2.24, 2.45) is 0 Å². The quantitative estimate of drug-likeness (QED) is 0.708. The van der Waals surface area contributed by atoms with Crippen LogP contribution in [-0.4, -0.2) is 32.3 Å². The highest BCUT2D eigenvalue weighted by Gasteiger charge is 2.21. The number of carbonyl (C=O) groups excluding carboxylic acids is 1. The van der Waals surface area contributed by atoms with E-state index in [1.54, 1.807) is 20.9 Å². The second kappa shape index (κ2) is 8.52. The van der Waals surface area contributed by atoms with E-state index in [4.69, 9.17) is 11.6 Å². The van der Waals surface area contributed by atoms with Crippen molar-refractivity contribution in [3.63, 3.8) is 0 Å². The standard InChI is InChI=1S/C18H20BrClN2O3S/c1-12(2)21-26(24,25)14-8-9-17(20)15(10-14)18(23)22(3)11-13-6-4-5-7-16(13)19/h4-10,12,21H,11H2,1-3H3. The molecule has 0 aliphatic rings. The van der Waals surface area contributed by atoms with Crippen molar-refractivity contribution in [2.45, 2.75) is 31.3 Å². The first-order valence-electron chi connectivity index (χ1n) is 7.92. The Morgan fingerprint density at radius 1 is 1.23 bits per heavy atom. The molecule has 0 radical (unpaired) electrons. The fourth-order valence-corrected chi connectivity index (χ4v) is 4.26. The zero-order chi connectivity index (χ0) is 19.5. The minimum absolute atomic E-state index is 0.00763. The number of nitrogens with one attached hydrogen (secondary N) is 1. The first-order chi connectivity index (χ1) is 12.1. The lowest BCUT2D eigenvalue weighted by Crippen LogP contribution is -2.31. The molecule has 0 aliphatic carbocycles. The zero-order valence-corrected chi connectivity index (χ0v) is 17.8. The van der Waals surface area contributed by atoms with Gasteiger partial charge >= 0.3 is 0 Å². The second-order valence-corrected chi connectivity index (χ2v) is 9.15. The number of hydrogen-bond donors (Lipinski definition) is 1. The fraction of sp³-hybridized carbons (Fsp3) is 0.278. The van der Waals surface area contributed by atoms with Gasteiger partial charge in [0.1, 0.15) is 0 Å². The van der Waals surface area contributed by atoms with E-state index in [-0.39, 0.29) is 27.4 Å². The van der Waals surface area contributed by atoms with Gasteiger partial charge in [-0.1, -0.05) is 45.7 Å². The van der Waals surface area contributed by atoms with Crippen LogP contribution in [0, 0.1) is 0 Å². The lowest BCUT2D eigenvalue weighted by atomic mass is 10.1. The molecule has 0 aromatic heterocycles. The van der Waals surface area contributed by atoms with Gasteiger partial charge in [0.05, 0.1) is 15.5 Å². The predicted molar refractivity (Wildman–Crippen MR) is 107 cm³/mol. The minimum atomic E-state index is -3.71. The van der Waals surface area contributed by atoms with Gasteiger partial charge in [-0.3, -0.25) is 4.79 Å². The summed E-state index contributed by atoms with van der Waals surface area (Å²) in [5.41, 5.74) is 1.08. The molecule has 5 nitrogen and oxygen atoms in total. The van der Waals surface area contributed by atoms with Gasteiger partial charge in [-0.15, -0.1) is 0 Å². The molecule has 2 aromatic rings. The third-order valence-corrected chi connectivity index (χ3v) is 6.34. The lowest BCUT2D eigenvalue weighted by Gasteiger charge is -2.19. The first-order valence-corrected chi connectivity index (χ1v) is 10.6. The van der Waals surface area contributed by atoms with Crippen LogP contribution >= 0.6 is 27.5 Å². The number of hydrogen-bond acceptors (Lipinski definition) is 3. The molecular weight excluding hydrogens is 440 g/mol. The van der Waals surface area contributed by atoms with Crippen molar-refractivity contribution < 1.29 is 13.2 Å². The molecule has 2 rings (SSSR count). The predicted octanol–water partition coefficient (Wildman–Crippen LogP) is 4.06.